The van der Waals surface area contributed by atoms with Gasteiger partial charge in [0.1, 0.15) is 18.1 Å². The van der Waals surface area contributed by atoms with Crippen molar-refractivity contribution in [3.63, 3.8) is 0 Å². The number of carbonyl (C=O) groups excluding carboxylic acids is 5. The first kappa shape index (κ1) is 33.6. The van der Waals surface area contributed by atoms with E-state index in [9.17, 15) is 32.4 Å². The lowest BCUT2D eigenvalue weighted by atomic mass is 9.81. The molecule has 1 heterocycles. The van der Waals surface area contributed by atoms with Crippen molar-refractivity contribution in [3.8, 4) is 0 Å². The third-order valence-corrected chi connectivity index (χ3v) is 12.7. The molecule has 45 heavy (non-hydrogen) atoms. The maximum absolute atomic E-state index is 14.3. The van der Waals surface area contributed by atoms with Gasteiger partial charge in [0.15, 0.2) is 0 Å². The topological polar surface area (TPSA) is 197 Å². The van der Waals surface area contributed by atoms with Gasteiger partial charge in [-0.1, -0.05) is 53.9 Å². The van der Waals surface area contributed by atoms with Gasteiger partial charge in [-0.2, -0.15) is 0 Å². The molecule has 252 valence electrons. The number of nitrogens with two attached hydrogens (primary N) is 1. The van der Waals surface area contributed by atoms with Gasteiger partial charge in [0.2, 0.25) is 27.6 Å². The molecule has 1 saturated heterocycles. The summed E-state index contributed by atoms with van der Waals surface area (Å²) in [6, 6.07) is -3.44. The first-order valence-electron chi connectivity index (χ1n) is 16.4. The Kier molecular flexibility index (Phi) is 8.82. The van der Waals surface area contributed by atoms with E-state index in [1.165, 1.54) is 4.90 Å². The largest absolute Gasteiger partial charge is 0.363 e. The number of ketones is 1. The Bertz CT molecular complexity index is 1340. The zero-order valence-corrected chi connectivity index (χ0v) is 27.9. The Labute approximate surface area is 266 Å². The number of sulfonamides is 1. The zero-order valence-electron chi connectivity index (χ0n) is 27.1. The Hall–Kier alpha value is -2.74. The molecule has 6 N–H and O–H groups in total. The van der Waals surface area contributed by atoms with Crippen molar-refractivity contribution < 1.29 is 32.4 Å². The van der Waals surface area contributed by atoms with E-state index in [-0.39, 0.29) is 35.0 Å². The standard InChI is InChI=1S/C31H50N6O7S/c1-29(2,3)24(35-28(42)36-31(13-7-6-8-14-31)16-33-45(43,44)18-11-12-18)27(41)37-15-19-20(30(19,4)5)22(37)26(40)34-21(17-9-10-17)23(38)25(32)39/h17-22,24,33H,6-16H2,1-5H3,(H2,32,39)(H,34,40)(H2,35,36,42)/t19-,20-,21?,22-,24+/m0/s1. The van der Waals surface area contributed by atoms with E-state index >= 15 is 0 Å². The molecule has 5 aliphatic rings. The summed E-state index contributed by atoms with van der Waals surface area (Å²) < 4.78 is 27.9. The van der Waals surface area contributed by atoms with Crippen molar-refractivity contribution in [1.29, 1.82) is 0 Å². The van der Waals surface area contributed by atoms with Crippen LogP contribution in [0.2, 0.25) is 0 Å². The average molecular weight is 651 g/mol. The third-order valence-electron chi connectivity index (χ3n) is 10.8. The first-order chi connectivity index (χ1) is 20.9. The Morgan fingerprint density at radius 2 is 1.58 bits per heavy atom. The Morgan fingerprint density at radius 1 is 0.956 bits per heavy atom. The van der Waals surface area contributed by atoms with Crippen LogP contribution in [-0.2, 0) is 29.2 Å². The number of fused-ring (bicyclic) bond motifs is 1. The molecule has 5 rings (SSSR count). The van der Waals surface area contributed by atoms with Crippen molar-refractivity contribution in [2.75, 3.05) is 13.1 Å². The number of Topliss-reactive ketones (excluding diaryl/α,β-unsaturated/α-hetero) is 1. The molecule has 1 aliphatic heterocycles. The summed E-state index contributed by atoms with van der Waals surface area (Å²) in [7, 11) is -3.44. The Morgan fingerprint density at radius 3 is 2.11 bits per heavy atom. The van der Waals surface area contributed by atoms with Crippen molar-refractivity contribution in [2.45, 2.75) is 121 Å². The number of amides is 5. The molecule has 0 bridgehead atoms. The maximum atomic E-state index is 14.3. The third kappa shape index (κ3) is 7.01. The Balaban J connectivity index is 1.31. The molecule has 0 radical (unpaired) electrons. The van der Waals surface area contributed by atoms with Crippen molar-refractivity contribution >= 4 is 39.6 Å². The number of urea groups is 1. The van der Waals surface area contributed by atoms with Gasteiger partial charge in [-0.05, 0) is 67.1 Å². The van der Waals surface area contributed by atoms with E-state index in [1.807, 2.05) is 34.6 Å². The minimum atomic E-state index is -3.44. The fourth-order valence-corrected chi connectivity index (χ4v) is 9.03. The van der Waals surface area contributed by atoms with Crippen molar-refractivity contribution in [2.24, 2.45) is 34.3 Å². The minimum Gasteiger partial charge on any atom is -0.363 e. The fraction of sp³-hybridized carbons (Fsp3) is 0.839. The number of hydrogen-bond donors (Lipinski definition) is 5. The van der Waals surface area contributed by atoms with Crippen LogP contribution in [0.25, 0.3) is 0 Å². The number of primary amides is 1. The molecule has 4 aliphatic carbocycles. The minimum absolute atomic E-state index is 0.0721. The van der Waals surface area contributed by atoms with Gasteiger partial charge in [-0.15, -0.1) is 0 Å². The monoisotopic (exact) mass is 650 g/mol. The highest BCUT2D eigenvalue weighted by Crippen LogP contribution is 2.65. The molecular weight excluding hydrogens is 600 g/mol. The van der Waals surface area contributed by atoms with Crippen molar-refractivity contribution in [1.82, 2.24) is 25.6 Å². The van der Waals surface area contributed by atoms with E-state index < -0.39 is 68.6 Å². The number of likely N-dealkylation sites (tertiary alicyclic amines) is 1. The summed E-state index contributed by atoms with van der Waals surface area (Å²) in [6.45, 7) is 10.0. The van der Waals surface area contributed by atoms with Crippen LogP contribution in [0.4, 0.5) is 4.79 Å². The van der Waals surface area contributed by atoms with E-state index in [2.05, 4.69) is 20.7 Å². The second-order valence-corrected chi connectivity index (χ2v) is 17.8. The summed E-state index contributed by atoms with van der Waals surface area (Å²) in [6.07, 6.45) is 6.58. The molecular formula is C31H50N6O7S. The van der Waals surface area contributed by atoms with Crippen LogP contribution in [0.5, 0.6) is 0 Å². The smallest absolute Gasteiger partial charge is 0.315 e. The molecule has 0 aromatic rings. The molecule has 4 saturated carbocycles. The molecule has 0 aromatic carbocycles. The number of nitrogens with one attached hydrogen (secondary N) is 4. The lowest BCUT2D eigenvalue weighted by molar-refractivity contribution is -0.145. The SMILES string of the molecule is CC(C)(C)[C@H](NC(=O)NC1(CNS(=O)(=O)C2CC2)CCCCC1)C(=O)N1C[C@H]2[C@@H]([C@H]1C(=O)NC(C(=O)C(N)=O)C1CC1)C2(C)C. The molecule has 1 unspecified atom stereocenters. The normalized spacial score (nSPS) is 28.3. The number of carbonyl (C=O) groups is 5. The van der Waals surface area contributed by atoms with Crippen LogP contribution < -0.4 is 26.4 Å². The summed E-state index contributed by atoms with van der Waals surface area (Å²) in [5.41, 5.74) is 3.57. The molecule has 14 heteroatoms. The lowest BCUT2D eigenvalue weighted by Crippen LogP contribution is -2.64. The molecule has 0 aromatic heterocycles. The van der Waals surface area contributed by atoms with E-state index in [0.29, 0.717) is 45.1 Å². The second-order valence-electron chi connectivity index (χ2n) is 15.7. The highest BCUT2D eigenvalue weighted by atomic mass is 32.2. The van der Waals surface area contributed by atoms with E-state index in [4.69, 9.17) is 5.73 Å². The predicted octanol–water partition coefficient (Wildman–Crippen LogP) is 0.917. The van der Waals surface area contributed by atoms with Gasteiger partial charge in [-0.3, -0.25) is 19.2 Å². The highest BCUT2D eigenvalue weighted by molar-refractivity contribution is 7.90. The summed E-state index contributed by atoms with van der Waals surface area (Å²) in [4.78, 5) is 67.4. The van der Waals surface area contributed by atoms with Gasteiger partial charge in [0, 0.05) is 13.1 Å². The van der Waals surface area contributed by atoms with Gasteiger partial charge in [0.05, 0.1) is 10.8 Å². The van der Waals surface area contributed by atoms with E-state index in [1.54, 1.807) is 0 Å². The average Bonchev–Trinajstić information content (AvgIpc) is 3.88. The van der Waals surface area contributed by atoms with Crippen LogP contribution in [0, 0.1) is 28.6 Å². The van der Waals surface area contributed by atoms with Crippen LogP contribution in [0.15, 0.2) is 0 Å². The van der Waals surface area contributed by atoms with E-state index in [0.717, 1.165) is 19.3 Å². The first-order valence-corrected chi connectivity index (χ1v) is 17.9. The fourth-order valence-electron chi connectivity index (χ4n) is 7.56. The van der Waals surface area contributed by atoms with Crippen LogP contribution in [0.1, 0.15) is 92.4 Å². The predicted molar refractivity (Wildman–Crippen MR) is 166 cm³/mol. The molecule has 13 nitrogen and oxygen atoms in total. The zero-order chi connectivity index (χ0) is 33.1. The maximum Gasteiger partial charge on any atom is 0.315 e. The molecule has 5 atom stereocenters. The number of rotatable bonds is 12. The van der Waals surface area contributed by atoms with Gasteiger partial charge in [-0.25, -0.2) is 17.9 Å². The number of hydrogen-bond acceptors (Lipinski definition) is 7. The highest BCUT2D eigenvalue weighted by Gasteiger charge is 2.70. The van der Waals surface area contributed by atoms with Crippen LogP contribution in [-0.4, -0.2) is 84.9 Å². The van der Waals surface area contributed by atoms with Gasteiger partial charge < -0.3 is 26.6 Å². The summed E-state index contributed by atoms with van der Waals surface area (Å²) in [5, 5.41) is 8.31. The lowest BCUT2D eigenvalue weighted by Gasteiger charge is -2.41. The molecule has 5 amide bonds. The molecule has 5 fully saturated rings. The van der Waals surface area contributed by atoms with Gasteiger partial charge in [0.25, 0.3) is 5.91 Å². The summed E-state index contributed by atoms with van der Waals surface area (Å²) in [5.74, 6) is -3.06. The van der Waals surface area contributed by atoms with Crippen molar-refractivity contribution in [3.05, 3.63) is 0 Å². The number of nitrogens with zero attached hydrogens (tertiary/aromatic N) is 1. The quantitative estimate of drug-likeness (QED) is 0.194. The van der Waals surface area contributed by atoms with Crippen LogP contribution >= 0.6 is 0 Å². The number of piperidine rings is 1. The second kappa shape index (κ2) is 11.8. The summed E-state index contributed by atoms with van der Waals surface area (Å²) >= 11 is 0. The van der Waals surface area contributed by atoms with Gasteiger partial charge >= 0.3 is 6.03 Å². The van der Waals surface area contributed by atoms with Crippen LogP contribution in [0.3, 0.4) is 0 Å². The molecule has 0 spiro atoms.